The molecule has 1 fully saturated rings. The van der Waals surface area contributed by atoms with Crippen LogP contribution in [-0.2, 0) is 6.54 Å². The molecule has 0 atom stereocenters. The van der Waals surface area contributed by atoms with Gasteiger partial charge in [-0.15, -0.1) is 0 Å². The van der Waals surface area contributed by atoms with Crippen molar-refractivity contribution in [3.05, 3.63) is 42.0 Å². The number of H-pyrrole nitrogens is 1. The number of hydrogen-bond acceptors (Lipinski definition) is 4. The standard InChI is InChI=1S/C18H27N5/c1-14(2)22-6-8-23(9-7-22)17-11-15(3)10-16(12-17)21-13-18-19-4-5-20-18/h4-5,10-12,14,21H,6-9,13H2,1-3H3,(H,19,20). The molecule has 1 aromatic carbocycles. The largest absolute Gasteiger partial charge is 0.378 e. The molecule has 1 aromatic heterocycles. The Bertz CT molecular complexity index is 612. The van der Waals surface area contributed by atoms with E-state index in [1.807, 2.05) is 6.20 Å². The van der Waals surface area contributed by atoms with E-state index in [1.54, 1.807) is 6.20 Å². The number of rotatable bonds is 5. The van der Waals surface area contributed by atoms with Gasteiger partial charge in [-0.3, -0.25) is 4.90 Å². The Balaban J connectivity index is 1.66. The molecule has 0 saturated carbocycles. The maximum atomic E-state index is 4.26. The zero-order chi connectivity index (χ0) is 16.2. The van der Waals surface area contributed by atoms with E-state index in [-0.39, 0.29) is 0 Å². The number of hydrogen-bond donors (Lipinski definition) is 2. The van der Waals surface area contributed by atoms with Crippen molar-refractivity contribution in [2.45, 2.75) is 33.4 Å². The normalized spacial score (nSPS) is 16.1. The molecule has 0 aliphatic carbocycles. The summed E-state index contributed by atoms with van der Waals surface area (Å²) in [5.41, 5.74) is 3.76. The van der Waals surface area contributed by atoms with Crippen molar-refractivity contribution >= 4 is 11.4 Å². The number of nitrogens with zero attached hydrogens (tertiary/aromatic N) is 3. The van der Waals surface area contributed by atoms with Gasteiger partial charge >= 0.3 is 0 Å². The van der Waals surface area contributed by atoms with Gasteiger partial charge in [0.05, 0.1) is 6.54 Å². The third kappa shape index (κ3) is 4.05. The lowest BCUT2D eigenvalue weighted by Crippen LogP contribution is -2.48. The molecule has 1 saturated heterocycles. The number of nitrogens with one attached hydrogen (secondary N) is 2. The third-order valence-electron chi connectivity index (χ3n) is 4.49. The first kappa shape index (κ1) is 15.9. The lowest BCUT2D eigenvalue weighted by atomic mass is 10.1. The van der Waals surface area contributed by atoms with Crippen molar-refractivity contribution in [2.24, 2.45) is 0 Å². The fourth-order valence-corrected chi connectivity index (χ4v) is 3.12. The highest BCUT2D eigenvalue weighted by atomic mass is 15.3. The molecule has 0 unspecified atom stereocenters. The highest BCUT2D eigenvalue weighted by Gasteiger charge is 2.19. The molecule has 5 nitrogen and oxygen atoms in total. The van der Waals surface area contributed by atoms with E-state index in [9.17, 15) is 0 Å². The zero-order valence-corrected chi connectivity index (χ0v) is 14.3. The molecule has 0 amide bonds. The Morgan fingerprint density at radius 1 is 1.17 bits per heavy atom. The van der Waals surface area contributed by atoms with E-state index in [0.717, 1.165) is 44.2 Å². The Hall–Kier alpha value is -2.01. The van der Waals surface area contributed by atoms with Gasteiger partial charge in [0.15, 0.2) is 0 Å². The second kappa shape index (κ2) is 7.04. The third-order valence-corrected chi connectivity index (χ3v) is 4.49. The minimum atomic E-state index is 0.639. The van der Waals surface area contributed by atoms with E-state index in [0.29, 0.717) is 6.04 Å². The topological polar surface area (TPSA) is 47.2 Å². The number of imidazole rings is 1. The average molecular weight is 313 g/mol. The van der Waals surface area contributed by atoms with Gasteiger partial charge in [0, 0.05) is 56.0 Å². The molecular weight excluding hydrogens is 286 g/mol. The van der Waals surface area contributed by atoms with Gasteiger partial charge in [0.2, 0.25) is 0 Å². The molecule has 5 heteroatoms. The van der Waals surface area contributed by atoms with Gasteiger partial charge in [-0.1, -0.05) is 0 Å². The van der Waals surface area contributed by atoms with E-state index in [2.05, 4.69) is 64.1 Å². The van der Waals surface area contributed by atoms with Crippen LogP contribution in [0.1, 0.15) is 25.2 Å². The molecular formula is C18H27N5. The van der Waals surface area contributed by atoms with Gasteiger partial charge in [-0.05, 0) is 44.5 Å². The van der Waals surface area contributed by atoms with Crippen LogP contribution in [0.3, 0.4) is 0 Å². The lowest BCUT2D eigenvalue weighted by Gasteiger charge is -2.38. The van der Waals surface area contributed by atoms with Gasteiger partial charge in [0.1, 0.15) is 5.82 Å². The van der Waals surface area contributed by atoms with Crippen LogP contribution in [0.15, 0.2) is 30.6 Å². The van der Waals surface area contributed by atoms with Crippen molar-refractivity contribution in [1.82, 2.24) is 14.9 Å². The first-order valence-corrected chi connectivity index (χ1v) is 8.44. The van der Waals surface area contributed by atoms with Crippen LogP contribution in [0.5, 0.6) is 0 Å². The summed E-state index contributed by atoms with van der Waals surface area (Å²) in [5.74, 6) is 0.957. The summed E-state index contributed by atoms with van der Waals surface area (Å²) in [7, 11) is 0. The van der Waals surface area contributed by atoms with Crippen LogP contribution in [0, 0.1) is 6.92 Å². The first-order valence-electron chi connectivity index (χ1n) is 8.44. The van der Waals surface area contributed by atoms with Gasteiger partial charge in [-0.25, -0.2) is 4.98 Å². The number of benzene rings is 1. The molecule has 124 valence electrons. The van der Waals surface area contributed by atoms with E-state index in [4.69, 9.17) is 0 Å². The number of aromatic amines is 1. The van der Waals surface area contributed by atoms with Crippen LogP contribution in [-0.4, -0.2) is 47.1 Å². The highest BCUT2D eigenvalue weighted by molar-refractivity contribution is 5.60. The van der Waals surface area contributed by atoms with Crippen molar-refractivity contribution in [3.63, 3.8) is 0 Å². The van der Waals surface area contributed by atoms with E-state index < -0.39 is 0 Å². The molecule has 3 rings (SSSR count). The monoisotopic (exact) mass is 313 g/mol. The van der Waals surface area contributed by atoms with E-state index >= 15 is 0 Å². The molecule has 0 bridgehead atoms. The van der Waals surface area contributed by atoms with Gasteiger partial charge < -0.3 is 15.2 Å². The fraction of sp³-hybridized carbons (Fsp3) is 0.500. The molecule has 23 heavy (non-hydrogen) atoms. The Kier molecular flexibility index (Phi) is 4.86. The molecule has 1 aliphatic heterocycles. The van der Waals surface area contributed by atoms with Crippen LogP contribution in [0.25, 0.3) is 0 Å². The van der Waals surface area contributed by atoms with Crippen molar-refractivity contribution in [2.75, 3.05) is 36.4 Å². The molecule has 1 aliphatic rings. The zero-order valence-electron chi connectivity index (χ0n) is 14.3. The van der Waals surface area contributed by atoms with E-state index in [1.165, 1.54) is 11.3 Å². The Morgan fingerprint density at radius 2 is 1.96 bits per heavy atom. The summed E-state index contributed by atoms with van der Waals surface area (Å²) in [6.07, 6.45) is 3.64. The molecule has 2 heterocycles. The minimum Gasteiger partial charge on any atom is -0.378 e. The SMILES string of the molecule is Cc1cc(NCc2ncc[nH]2)cc(N2CCN(C(C)C)CC2)c1. The van der Waals surface area contributed by atoms with Gasteiger partial charge in [0.25, 0.3) is 0 Å². The van der Waals surface area contributed by atoms with Crippen LogP contribution < -0.4 is 10.2 Å². The lowest BCUT2D eigenvalue weighted by molar-refractivity contribution is 0.209. The maximum Gasteiger partial charge on any atom is 0.125 e. The second-order valence-electron chi connectivity index (χ2n) is 6.56. The molecule has 2 N–H and O–H groups in total. The van der Waals surface area contributed by atoms with Crippen molar-refractivity contribution < 1.29 is 0 Å². The second-order valence-corrected chi connectivity index (χ2v) is 6.56. The molecule has 0 spiro atoms. The smallest absolute Gasteiger partial charge is 0.125 e. The van der Waals surface area contributed by atoms with Crippen LogP contribution >= 0.6 is 0 Å². The number of anilines is 2. The van der Waals surface area contributed by atoms with Crippen molar-refractivity contribution in [3.8, 4) is 0 Å². The Morgan fingerprint density at radius 3 is 2.61 bits per heavy atom. The van der Waals surface area contributed by atoms with Gasteiger partial charge in [-0.2, -0.15) is 0 Å². The summed E-state index contributed by atoms with van der Waals surface area (Å²) >= 11 is 0. The molecule has 2 aromatic rings. The molecule has 0 radical (unpaired) electrons. The predicted octanol–water partition coefficient (Wildman–Crippen LogP) is 2.86. The van der Waals surface area contributed by atoms with Crippen LogP contribution in [0.2, 0.25) is 0 Å². The summed E-state index contributed by atoms with van der Waals surface area (Å²) in [6, 6.07) is 7.36. The Labute approximate surface area is 138 Å². The summed E-state index contributed by atoms with van der Waals surface area (Å²) in [5, 5.41) is 3.46. The predicted molar refractivity (Wildman–Crippen MR) is 96.0 cm³/mol. The number of aromatic nitrogens is 2. The fourth-order valence-electron chi connectivity index (χ4n) is 3.12. The quantitative estimate of drug-likeness (QED) is 0.891. The maximum absolute atomic E-state index is 4.26. The summed E-state index contributed by atoms with van der Waals surface area (Å²) in [4.78, 5) is 12.4. The summed E-state index contributed by atoms with van der Waals surface area (Å²) in [6.45, 7) is 11.9. The highest BCUT2D eigenvalue weighted by Crippen LogP contribution is 2.24. The van der Waals surface area contributed by atoms with Crippen LogP contribution in [0.4, 0.5) is 11.4 Å². The number of aryl methyl sites for hydroxylation is 1. The first-order chi connectivity index (χ1) is 11.1. The van der Waals surface area contributed by atoms with Crippen molar-refractivity contribution in [1.29, 1.82) is 0 Å². The summed E-state index contributed by atoms with van der Waals surface area (Å²) < 4.78 is 0. The minimum absolute atomic E-state index is 0.639. The average Bonchev–Trinajstić information content (AvgIpc) is 3.06. The number of piperazine rings is 1.